The summed E-state index contributed by atoms with van der Waals surface area (Å²) in [7, 11) is 4.92. The summed E-state index contributed by atoms with van der Waals surface area (Å²) in [5, 5.41) is 0. The predicted octanol–water partition coefficient (Wildman–Crippen LogP) is 3.63. The zero-order valence-electron chi connectivity index (χ0n) is 17.1. The van der Waals surface area contributed by atoms with E-state index >= 15 is 0 Å². The van der Waals surface area contributed by atoms with Crippen LogP contribution >= 0.6 is 0 Å². The van der Waals surface area contributed by atoms with E-state index in [1.165, 1.54) is 0 Å². The van der Waals surface area contributed by atoms with Gasteiger partial charge < -0.3 is 23.8 Å². The summed E-state index contributed by atoms with van der Waals surface area (Å²) in [4.78, 5) is 15.4. The minimum absolute atomic E-state index is 0.00932. The summed E-state index contributed by atoms with van der Waals surface area (Å²) < 4.78 is 22.2. The van der Waals surface area contributed by atoms with Gasteiger partial charge in [-0.3, -0.25) is 4.79 Å². The number of hydrogen-bond acceptors (Lipinski definition) is 5. The van der Waals surface area contributed by atoms with Gasteiger partial charge in [0.1, 0.15) is 18.1 Å². The number of likely N-dealkylation sites (tertiary alicyclic amines) is 1. The molecule has 1 amide bonds. The number of amides is 1. The van der Waals surface area contributed by atoms with Gasteiger partial charge >= 0.3 is 0 Å². The lowest BCUT2D eigenvalue weighted by Gasteiger charge is -2.32. The normalized spacial score (nSPS) is 20.6. The van der Waals surface area contributed by atoms with E-state index in [-0.39, 0.29) is 17.9 Å². The van der Waals surface area contributed by atoms with Crippen LogP contribution in [0.3, 0.4) is 0 Å². The van der Waals surface area contributed by atoms with Crippen LogP contribution in [0.25, 0.3) is 0 Å². The van der Waals surface area contributed by atoms with Gasteiger partial charge in [0.05, 0.1) is 33.3 Å². The van der Waals surface area contributed by atoms with Crippen molar-refractivity contribution in [3.05, 3.63) is 47.5 Å². The average molecular weight is 397 g/mol. The highest BCUT2D eigenvalue weighted by molar-refractivity contribution is 5.81. The molecule has 0 spiro atoms. The van der Waals surface area contributed by atoms with Crippen molar-refractivity contribution in [2.24, 2.45) is 5.92 Å². The number of carbonyl (C=O) groups is 1. The second-order valence-corrected chi connectivity index (χ2v) is 7.46. The summed E-state index contributed by atoms with van der Waals surface area (Å²) in [6, 6.07) is 11.6. The minimum atomic E-state index is -0.195. The Hall–Kier alpha value is -2.89. The third kappa shape index (κ3) is 3.59. The van der Waals surface area contributed by atoms with Crippen molar-refractivity contribution >= 4 is 5.91 Å². The predicted molar refractivity (Wildman–Crippen MR) is 109 cm³/mol. The van der Waals surface area contributed by atoms with Crippen LogP contribution in [0.5, 0.6) is 23.0 Å². The highest BCUT2D eigenvalue weighted by Crippen LogP contribution is 2.41. The van der Waals surface area contributed by atoms with Gasteiger partial charge in [-0.05, 0) is 43.0 Å². The van der Waals surface area contributed by atoms with E-state index in [9.17, 15) is 4.79 Å². The summed E-state index contributed by atoms with van der Waals surface area (Å²) >= 11 is 0. The molecule has 2 aromatic rings. The van der Waals surface area contributed by atoms with E-state index < -0.39 is 0 Å². The fourth-order valence-corrected chi connectivity index (χ4v) is 4.40. The third-order valence-electron chi connectivity index (χ3n) is 5.86. The maximum Gasteiger partial charge on any atom is 0.229 e. The Kier molecular flexibility index (Phi) is 5.51. The Morgan fingerprint density at radius 1 is 1.07 bits per heavy atom. The van der Waals surface area contributed by atoms with Gasteiger partial charge in [0, 0.05) is 18.2 Å². The SMILES string of the molecule is COc1ccc([C@H]2CCCN2C(=O)[C@H]2COc3c(cccc3OC)C2)c(OC)c1. The molecule has 0 aliphatic carbocycles. The molecule has 0 N–H and O–H groups in total. The Morgan fingerprint density at radius 3 is 2.66 bits per heavy atom. The zero-order chi connectivity index (χ0) is 20.4. The summed E-state index contributed by atoms with van der Waals surface area (Å²) in [5.41, 5.74) is 2.05. The summed E-state index contributed by atoms with van der Waals surface area (Å²) in [6.07, 6.45) is 2.56. The lowest BCUT2D eigenvalue weighted by atomic mass is 9.94. The van der Waals surface area contributed by atoms with E-state index in [1.54, 1.807) is 21.3 Å². The van der Waals surface area contributed by atoms with Gasteiger partial charge in [-0.15, -0.1) is 0 Å². The first-order valence-corrected chi connectivity index (χ1v) is 9.97. The van der Waals surface area contributed by atoms with E-state index in [0.29, 0.717) is 13.0 Å². The first-order valence-electron chi connectivity index (χ1n) is 9.97. The third-order valence-corrected chi connectivity index (χ3v) is 5.86. The fourth-order valence-electron chi connectivity index (χ4n) is 4.40. The van der Waals surface area contributed by atoms with Crippen molar-refractivity contribution in [1.29, 1.82) is 0 Å². The molecule has 0 unspecified atom stereocenters. The molecule has 6 nitrogen and oxygen atoms in total. The maximum absolute atomic E-state index is 13.4. The Balaban J connectivity index is 1.56. The number of para-hydroxylation sites is 1. The molecule has 2 aromatic carbocycles. The molecule has 0 aromatic heterocycles. The molecule has 0 saturated carbocycles. The van der Waals surface area contributed by atoms with E-state index in [4.69, 9.17) is 18.9 Å². The molecular weight excluding hydrogens is 370 g/mol. The Labute approximate surface area is 171 Å². The van der Waals surface area contributed by atoms with Crippen LogP contribution in [-0.4, -0.2) is 45.3 Å². The van der Waals surface area contributed by atoms with E-state index in [1.807, 2.05) is 41.3 Å². The first kappa shape index (κ1) is 19.4. The van der Waals surface area contributed by atoms with Crippen molar-refractivity contribution < 1.29 is 23.7 Å². The standard InChI is InChI=1S/C23H27NO5/c1-26-17-9-10-18(21(13-17)28-3)19-7-5-11-24(19)23(25)16-12-15-6-4-8-20(27-2)22(15)29-14-16/h4,6,8-10,13,16,19H,5,7,11-12,14H2,1-3H3/t16-,19-/m1/s1. The van der Waals surface area contributed by atoms with Crippen LogP contribution < -0.4 is 18.9 Å². The number of nitrogens with zero attached hydrogens (tertiary/aromatic N) is 1. The first-order chi connectivity index (χ1) is 14.2. The molecule has 0 bridgehead atoms. The average Bonchev–Trinajstić information content (AvgIpc) is 3.26. The van der Waals surface area contributed by atoms with Gasteiger partial charge in [-0.1, -0.05) is 12.1 Å². The highest BCUT2D eigenvalue weighted by Gasteiger charge is 2.37. The number of hydrogen-bond donors (Lipinski definition) is 0. The second-order valence-electron chi connectivity index (χ2n) is 7.46. The van der Waals surface area contributed by atoms with Gasteiger partial charge in [0.25, 0.3) is 0 Å². The molecule has 154 valence electrons. The molecule has 2 aliphatic heterocycles. The largest absolute Gasteiger partial charge is 0.497 e. The minimum Gasteiger partial charge on any atom is -0.497 e. The topological polar surface area (TPSA) is 57.2 Å². The maximum atomic E-state index is 13.4. The van der Waals surface area contributed by atoms with Crippen LogP contribution in [0.1, 0.15) is 30.0 Å². The van der Waals surface area contributed by atoms with Gasteiger partial charge in [0.15, 0.2) is 11.5 Å². The van der Waals surface area contributed by atoms with Crippen molar-refractivity contribution in [1.82, 2.24) is 4.90 Å². The van der Waals surface area contributed by atoms with Crippen LogP contribution in [0.4, 0.5) is 0 Å². The van der Waals surface area contributed by atoms with Crippen LogP contribution in [-0.2, 0) is 11.2 Å². The monoisotopic (exact) mass is 397 g/mol. The molecule has 4 rings (SSSR count). The van der Waals surface area contributed by atoms with Crippen LogP contribution in [0.2, 0.25) is 0 Å². The molecular formula is C23H27NO5. The number of ether oxygens (including phenoxy) is 4. The number of fused-ring (bicyclic) bond motifs is 1. The highest BCUT2D eigenvalue weighted by atomic mass is 16.5. The molecule has 2 aliphatic rings. The Bertz CT molecular complexity index is 897. The number of carbonyl (C=O) groups excluding carboxylic acids is 1. The molecule has 2 atom stereocenters. The summed E-state index contributed by atoms with van der Waals surface area (Å²) in [6.45, 7) is 1.12. The van der Waals surface area contributed by atoms with E-state index in [0.717, 1.165) is 53.5 Å². The number of benzene rings is 2. The van der Waals surface area contributed by atoms with Gasteiger partial charge in [0.2, 0.25) is 5.91 Å². The van der Waals surface area contributed by atoms with Gasteiger partial charge in [-0.2, -0.15) is 0 Å². The molecule has 1 fully saturated rings. The van der Waals surface area contributed by atoms with Gasteiger partial charge in [-0.25, -0.2) is 0 Å². The second kappa shape index (κ2) is 8.23. The summed E-state index contributed by atoms with van der Waals surface area (Å²) in [5.74, 6) is 2.92. The molecule has 6 heteroatoms. The molecule has 1 saturated heterocycles. The van der Waals surface area contributed by atoms with Crippen molar-refractivity contribution in [3.63, 3.8) is 0 Å². The fraction of sp³-hybridized carbons (Fsp3) is 0.435. The van der Waals surface area contributed by atoms with Crippen LogP contribution in [0, 0.1) is 5.92 Å². The zero-order valence-corrected chi connectivity index (χ0v) is 17.1. The molecule has 29 heavy (non-hydrogen) atoms. The number of methoxy groups -OCH3 is 3. The van der Waals surface area contributed by atoms with Crippen molar-refractivity contribution in [2.75, 3.05) is 34.5 Å². The van der Waals surface area contributed by atoms with Crippen LogP contribution in [0.15, 0.2) is 36.4 Å². The lowest BCUT2D eigenvalue weighted by molar-refractivity contribution is -0.137. The number of rotatable bonds is 5. The lowest BCUT2D eigenvalue weighted by Crippen LogP contribution is -2.40. The van der Waals surface area contributed by atoms with Crippen molar-refractivity contribution in [3.8, 4) is 23.0 Å². The quantitative estimate of drug-likeness (QED) is 0.771. The van der Waals surface area contributed by atoms with Crippen molar-refractivity contribution in [2.45, 2.75) is 25.3 Å². The smallest absolute Gasteiger partial charge is 0.229 e. The Morgan fingerprint density at radius 2 is 1.90 bits per heavy atom. The van der Waals surface area contributed by atoms with E-state index in [2.05, 4.69) is 0 Å². The molecule has 2 heterocycles. The molecule has 0 radical (unpaired) electrons.